The predicted octanol–water partition coefficient (Wildman–Crippen LogP) is 1.71. The Labute approximate surface area is 112 Å². The van der Waals surface area contributed by atoms with Crippen molar-refractivity contribution in [1.29, 1.82) is 0 Å². The fourth-order valence-electron chi connectivity index (χ4n) is 1.66. The minimum Gasteiger partial charge on any atom is -0.330 e. The van der Waals surface area contributed by atoms with Crippen molar-refractivity contribution in [3.63, 3.8) is 0 Å². The summed E-state index contributed by atoms with van der Waals surface area (Å²) in [6.45, 7) is 2.80. The number of rotatable bonds is 7. The van der Waals surface area contributed by atoms with Crippen LogP contribution in [-0.4, -0.2) is 32.4 Å². The summed E-state index contributed by atoms with van der Waals surface area (Å²) in [6.07, 6.45) is 1.15. The maximum absolute atomic E-state index is 13.1. The molecule has 1 rings (SSSR count). The summed E-state index contributed by atoms with van der Waals surface area (Å²) in [5.41, 5.74) is 5.37. The lowest BCUT2D eigenvalue weighted by molar-refractivity contribution is 0.405. The number of nitrogens with zero attached hydrogens (tertiary/aromatic N) is 1. The van der Waals surface area contributed by atoms with Crippen LogP contribution in [-0.2, 0) is 10.0 Å². The molecular weight excluding hydrogens is 274 g/mol. The first-order chi connectivity index (χ1) is 8.93. The molecule has 0 saturated carbocycles. The molecule has 108 valence electrons. The molecule has 0 atom stereocenters. The summed E-state index contributed by atoms with van der Waals surface area (Å²) in [5, 5.41) is 0. The molecule has 0 spiro atoms. The molecule has 1 aromatic rings. The number of sulfonamides is 1. The lowest BCUT2D eigenvalue weighted by atomic mass is 10.3. The molecule has 0 aliphatic rings. The number of hydrogen-bond acceptors (Lipinski definition) is 3. The van der Waals surface area contributed by atoms with E-state index in [4.69, 9.17) is 5.73 Å². The van der Waals surface area contributed by atoms with E-state index >= 15 is 0 Å². The van der Waals surface area contributed by atoms with Gasteiger partial charge in [0.25, 0.3) is 0 Å². The Morgan fingerprint density at radius 3 is 2.42 bits per heavy atom. The Morgan fingerprint density at radius 1 is 1.21 bits per heavy atom. The van der Waals surface area contributed by atoms with Gasteiger partial charge in [-0.2, -0.15) is 4.31 Å². The zero-order valence-electron chi connectivity index (χ0n) is 10.8. The van der Waals surface area contributed by atoms with E-state index in [2.05, 4.69) is 0 Å². The first-order valence-corrected chi connectivity index (χ1v) is 7.52. The van der Waals surface area contributed by atoms with Gasteiger partial charge in [-0.05, 0) is 37.6 Å². The molecule has 1 aromatic carbocycles. The monoisotopic (exact) mass is 292 g/mol. The van der Waals surface area contributed by atoms with Crippen molar-refractivity contribution in [3.05, 3.63) is 29.8 Å². The SMILES string of the molecule is CCCN(CCCN)S(=O)(=O)c1ccc(F)c(F)c1. The second kappa shape index (κ2) is 6.93. The van der Waals surface area contributed by atoms with Crippen LogP contribution in [0.4, 0.5) is 8.78 Å². The first kappa shape index (κ1) is 16.0. The maximum Gasteiger partial charge on any atom is 0.243 e. The van der Waals surface area contributed by atoms with Gasteiger partial charge >= 0.3 is 0 Å². The molecule has 2 N–H and O–H groups in total. The highest BCUT2D eigenvalue weighted by Gasteiger charge is 2.24. The van der Waals surface area contributed by atoms with Gasteiger partial charge in [0.05, 0.1) is 4.90 Å². The summed E-state index contributed by atoms with van der Waals surface area (Å²) < 4.78 is 51.8. The van der Waals surface area contributed by atoms with Crippen LogP contribution in [0.15, 0.2) is 23.1 Å². The van der Waals surface area contributed by atoms with Crippen molar-refractivity contribution in [1.82, 2.24) is 4.31 Å². The summed E-state index contributed by atoms with van der Waals surface area (Å²) >= 11 is 0. The van der Waals surface area contributed by atoms with Crippen LogP contribution >= 0.6 is 0 Å². The van der Waals surface area contributed by atoms with Crippen LogP contribution in [0.2, 0.25) is 0 Å². The molecule has 0 aromatic heterocycles. The molecule has 4 nitrogen and oxygen atoms in total. The molecule has 0 bridgehead atoms. The van der Waals surface area contributed by atoms with Crippen LogP contribution < -0.4 is 5.73 Å². The third-order valence-electron chi connectivity index (χ3n) is 2.61. The van der Waals surface area contributed by atoms with E-state index in [9.17, 15) is 17.2 Å². The second-order valence-corrected chi connectivity index (χ2v) is 6.06. The molecule has 19 heavy (non-hydrogen) atoms. The van der Waals surface area contributed by atoms with Crippen LogP contribution in [0, 0.1) is 11.6 Å². The molecule has 7 heteroatoms. The summed E-state index contributed by atoms with van der Waals surface area (Å²) in [7, 11) is -3.80. The number of hydrogen-bond donors (Lipinski definition) is 1. The predicted molar refractivity (Wildman–Crippen MR) is 69.1 cm³/mol. The van der Waals surface area contributed by atoms with Gasteiger partial charge < -0.3 is 5.73 Å². The van der Waals surface area contributed by atoms with E-state index < -0.39 is 21.7 Å². The zero-order chi connectivity index (χ0) is 14.5. The molecule has 0 unspecified atom stereocenters. The number of benzene rings is 1. The Morgan fingerprint density at radius 2 is 1.89 bits per heavy atom. The Bertz CT molecular complexity index is 520. The summed E-state index contributed by atoms with van der Waals surface area (Å²) in [6, 6.07) is 2.59. The van der Waals surface area contributed by atoms with E-state index in [1.54, 1.807) is 0 Å². The van der Waals surface area contributed by atoms with E-state index in [0.29, 0.717) is 32.0 Å². The third-order valence-corrected chi connectivity index (χ3v) is 4.51. The lowest BCUT2D eigenvalue weighted by Crippen LogP contribution is -2.33. The lowest BCUT2D eigenvalue weighted by Gasteiger charge is -2.21. The summed E-state index contributed by atoms with van der Waals surface area (Å²) in [4.78, 5) is -0.239. The highest BCUT2D eigenvalue weighted by Crippen LogP contribution is 2.19. The van der Waals surface area contributed by atoms with Crippen LogP contribution in [0.1, 0.15) is 19.8 Å². The van der Waals surface area contributed by atoms with Crippen molar-refractivity contribution < 1.29 is 17.2 Å². The Kier molecular flexibility index (Phi) is 5.84. The smallest absolute Gasteiger partial charge is 0.243 e. The van der Waals surface area contributed by atoms with Gasteiger partial charge in [0.2, 0.25) is 10.0 Å². The van der Waals surface area contributed by atoms with Crippen molar-refractivity contribution in [2.24, 2.45) is 5.73 Å². The highest BCUT2D eigenvalue weighted by molar-refractivity contribution is 7.89. The fourth-order valence-corrected chi connectivity index (χ4v) is 3.24. The summed E-state index contributed by atoms with van der Waals surface area (Å²) in [5.74, 6) is -2.24. The average molecular weight is 292 g/mol. The van der Waals surface area contributed by atoms with Gasteiger partial charge in [-0.25, -0.2) is 17.2 Å². The van der Waals surface area contributed by atoms with Crippen molar-refractivity contribution >= 4 is 10.0 Å². The van der Waals surface area contributed by atoms with Gasteiger partial charge in [0, 0.05) is 13.1 Å². The minimum absolute atomic E-state index is 0.239. The van der Waals surface area contributed by atoms with Crippen molar-refractivity contribution in [2.75, 3.05) is 19.6 Å². The van der Waals surface area contributed by atoms with Crippen LogP contribution in [0.5, 0.6) is 0 Å². The standard InChI is InChI=1S/C12H18F2N2O2S/c1-2-7-16(8-3-6-15)19(17,18)10-4-5-11(13)12(14)9-10/h4-5,9H,2-3,6-8,15H2,1H3. The van der Waals surface area contributed by atoms with E-state index in [1.165, 1.54) is 4.31 Å². The van der Waals surface area contributed by atoms with E-state index in [-0.39, 0.29) is 11.4 Å². The molecule has 0 fully saturated rings. The van der Waals surface area contributed by atoms with Crippen LogP contribution in [0.25, 0.3) is 0 Å². The minimum atomic E-state index is -3.80. The number of nitrogens with two attached hydrogens (primary N) is 1. The fraction of sp³-hybridized carbons (Fsp3) is 0.500. The molecule has 0 saturated heterocycles. The molecule has 0 radical (unpaired) electrons. The van der Waals surface area contributed by atoms with Gasteiger partial charge in [0.1, 0.15) is 0 Å². The van der Waals surface area contributed by atoms with E-state index in [1.807, 2.05) is 6.92 Å². The van der Waals surface area contributed by atoms with Gasteiger partial charge in [0.15, 0.2) is 11.6 Å². The molecular formula is C12H18F2N2O2S. The average Bonchev–Trinajstić information content (AvgIpc) is 2.37. The number of halogens is 2. The largest absolute Gasteiger partial charge is 0.330 e. The highest BCUT2D eigenvalue weighted by atomic mass is 32.2. The topological polar surface area (TPSA) is 63.4 Å². The first-order valence-electron chi connectivity index (χ1n) is 6.08. The van der Waals surface area contributed by atoms with Crippen molar-refractivity contribution in [2.45, 2.75) is 24.7 Å². The normalized spacial score (nSPS) is 12.1. The van der Waals surface area contributed by atoms with Gasteiger partial charge in [-0.15, -0.1) is 0 Å². The van der Waals surface area contributed by atoms with Gasteiger partial charge in [-0.1, -0.05) is 6.92 Å². The van der Waals surface area contributed by atoms with E-state index in [0.717, 1.165) is 12.1 Å². The quantitative estimate of drug-likeness (QED) is 0.832. The third kappa shape index (κ3) is 3.95. The molecule has 0 heterocycles. The Hall–Kier alpha value is -1.05. The maximum atomic E-state index is 13.1. The molecule has 0 amide bonds. The Balaban J connectivity index is 3.07. The molecule has 0 aliphatic heterocycles. The second-order valence-electron chi connectivity index (χ2n) is 4.12. The molecule has 0 aliphatic carbocycles. The van der Waals surface area contributed by atoms with Crippen molar-refractivity contribution in [3.8, 4) is 0 Å². The van der Waals surface area contributed by atoms with Crippen LogP contribution in [0.3, 0.4) is 0 Å². The van der Waals surface area contributed by atoms with Gasteiger partial charge in [-0.3, -0.25) is 0 Å². The zero-order valence-corrected chi connectivity index (χ0v) is 11.6.